The molecule has 1 saturated heterocycles. The van der Waals surface area contributed by atoms with Crippen LogP contribution in [0.15, 0.2) is 48.5 Å². The molecule has 1 aliphatic rings. The third-order valence-electron chi connectivity index (χ3n) is 4.88. The molecule has 6 heteroatoms. The fourth-order valence-electron chi connectivity index (χ4n) is 3.35. The van der Waals surface area contributed by atoms with E-state index in [-0.39, 0.29) is 6.61 Å². The number of ether oxygens (including phenoxy) is 1. The minimum Gasteiger partial charge on any atom is -0.489 e. The lowest BCUT2D eigenvalue weighted by molar-refractivity contribution is 0.0983. The summed E-state index contributed by atoms with van der Waals surface area (Å²) in [5, 5.41) is 14.4. The number of hydrogen-bond donors (Lipinski definition) is 3. The summed E-state index contributed by atoms with van der Waals surface area (Å²) in [6, 6.07) is 15.8. The predicted octanol–water partition coefficient (Wildman–Crippen LogP) is 2.92. The molecule has 0 saturated carbocycles. The minimum atomic E-state index is -0.561. The van der Waals surface area contributed by atoms with Gasteiger partial charge in [-0.25, -0.2) is 0 Å². The van der Waals surface area contributed by atoms with Crippen LogP contribution in [0.2, 0.25) is 5.02 Å². The molecule has 1 aliphatic heterocycles. The van der Waals surface area contributed by atoms with Crippen LogP contribution in [0.25, 0.3) is 0 Å². The van der Waals surface area contributed by atoms with Gasteiger partial charge in [0.1, 0.15) is 18.5 Å². The van der Waals surface area contributed by atoms with Gasteiger partial charge in [-0.3, -0.25) is 4.90 Å². The molecule has 27 heavy (non-hydrogen) atoms. The average molecular weight is 390 g/mol. The molecule has 0 aromatic heterocycles. The van der Waals surface area contributed by atoms with Crippen molar-refractivity contribution >= 4 is 17.3 Å². The first-order valence-corrected chi connectivity index (χ1v) is 9.83. The lowest BCUT2D eigenvalue weighted by Gasteiger charge is -2.33. The van der Waals surface area contributed by atoms with E-state index in [4.69, 9.17) is 22.1 Å². The molecule has 5 nitrogen and oxygen atoms in total. The normalized spacial score (nSPS) is 17.0. The molecule has 2 aromatic carbocycles. The van der Waals surface area contributed by atoms with Crippen molar-refractivity contribution in [1.29, 1.82) is 0 Å². The molecule has 0 aliphatic carbocycles. The number of halogens is 1. The van der Waals surface area contributed by atoms with E-state index in [9.17, 15) is 5.11 Å². The Kier molecular flexibility index (Phi) is 7.35. The van der Waals surface area contributed by atoms with Gasteiger partial charge < -0.3 is 20.9 Å². The van der Waals surface area contributed by atoms with Gasteiger partial charge >= 0.3 is 0 Å². The van der Waals surface area contributed by atoms with E-state index < -0.39 is 6.10 Å². The number of aliphatic hydroxyl groups is 1. The Labute approximate surface area is 166 Å². The van der Waals surface area contributed by atoms with Crippen molar-refractivity contribution in [2.75, 3.05) is 32.0 Å². The smallest absolute Gasteiger partial charge is 0.142 e. The van der Waals surface area contributed by atoms with E-state index in [1.54, 1.807) is 6.07 Å². The molecule has 1 atom stereocenters. The number of nitrogens with one attached hydrogen (secondary N) is 1. The van der Waals surface area contributed by atoms with Crippen molar-refractivity contribution in [3.63, 3.8) is 0 Å². The Morgan fingerprint density at radius 3 is 2.70 bits per heavy atom. The molecule has 4 N–H and O–H groups in total. The van der Waals surface area contributed by atoms with Crippen LogP contribution < -0.4 is 15.8 Å². The zero-order chi connectivity index (χ0) is 19.1. The SMILES string of the molecule is Nc1ccccc1OCC(O)CNC1CCN(Cc2cccc(Cl)c2)CC1. The first kappa shape index (κ1) is 20.0. The molecule has 1 unspecified atom stereocenters. The van der Waals surface area contributed by atoms with Gasteiger partial charge in [0.2, 0.25) is 0 Å². The number of anilines is 1. The van der Waals surface area contributed by atoms with Gasteiger partial charge in [0, 0.05) is 24.2 Å². The molecule has 0 radical (unpaired) electrons. The van der Waals surface area contributed by atoms with Crippen molar-refractivity contribution in [2.45, 2.75) is 31.5 Å². The van der Waals surface area contributed by atoms with Gasteiger partial charge in [0.05, 0.1) is 5.69 Å². The first-order valence-electron chi connectivity index (χ1n) is 9.45. The summed E-state index contributed by atoms with van der Waals surface area (Å²) in [5.74, 6) is 0.617. The fraction of sp³-hybridized carbons (Fsp3) is 0.429. The average Bonchev–Trinajstić information content (AvgIpc) is 2.67. The standard InChI is InChI=1S/C21H28ClN3O2/c22-17-5-3-4-16(12-17)14-25-10-8-18(9-11-25)24-13-19(26)15-27-21-7-2-1-6-20(21)23/h1-7,12,18-19,24,26H,8-11,13-15,23H2. The maximum Gasteiger partial charge on any atom is 0.142 e. The van der Waals surface area contributed by atoms with Crippen LogP contribution in [-0.4, -0.2) is 48.4 Å². The van der Waals surface area contributed by atoms with E-state index in [1.165, 1.54) is 5.56 Å². The van der Waals surface area contributed by atoms with E-state index in [2.05, 4.69) is 16.3 Å². The second-order valence-electron chi connectivity index (χ2n) is 7.09. The lowest BCUT2D eigenvalue weighted by atomic mass is 10.0. The fourth-order valence-corrected chi connectivity index (χ4v) is 3.56. The summed E-state index contributed by atoms with van der Waals surface area (Å²) in [7, 11) is 0. The molecular formula is C21H28ClN3O2. The molecule has 1 fully saturated rings. The van der Waals surface area contributed by atoms with Crippen LogP contribution in [0, 0.1) is 0 Å². The molecule has 146 valence electrons. The highest BCUT2D eigenvalue weighted by Crippen LogP contribution is 2.20. The summed E-state index contributed by atoms with van der Waals surface area (Å²) < 4.78 is 5.60. The van der Waals surface area contributed by atoms with Gasteiger partial charge in [0.25, 0.3) is 0 Å². The Morgan fingerprint density at radius 2 is 1.96 bits per heavy atom. The Bertz CT molecular complexity index is 720. The second-order valence-corrected chi connectivity index (χ2v) is 7.53. The Morgan fingerprint density at radius 1 is 1.19 bits per heavy atom. The summed E-state index contributed by atoms with van der Waals surface area (Å²) in [6.45, 7) is 3.76. The van der Waals surface area contributed by atoms with Crippen LogP contribution in [0.1, 0.15) is 18.4 Å². The van der Waals surface area contributed by atoms with Crippen molar-refractivity contribution in [1.82, 2.24) is 10.2 Å². The zero-order valence-electron chi connectivity index (χ0n) is 15.5. The quantitative estimate of drug-likeness (QED) is 0.605. The summed E-state index contributed by atoms with van der Waals surface area (Å²) in [6.07, 6.45) is 1.58. The minimum absolute atomic E-state index is 0.231. The predicted molar refractivity (Wildman–Crippen MR) is 110 cm³/mol. The summed E-state index contributed by atoms with van der Waals surface area (Å²) in [5.41, 5.74) is 7.68. The highest BCUT2D eigenvalue weighted by Gasteiger charge is 2.20. The number of piperidine rings is 1. The Balaban J connectivity index is 1.34. The van der Waals surface area contributed by atoms with Crippen molar-refractivity contribution in [2.24, 2.45) is 0 Å². The van der Waals surface area contributed by atoms with Gasteiger partial charge in [-0.2, -0.15) is 0 Å². The number of para-hydroxylation sites is 2. The number of hydrogen-bond acceptors (Lipinski definition) is 5. The number of rotatable bonds is 8. The number of likely N-dealkylation sites (tertiary alicyclic amines) is 1. The largest absolute Gasteiger partial charge is 0.489 e. The molecule has 2 aromatic rings. The second kappa shape index (κ2) is 9.95. The van der Waals surface area contributed by atoms with E-state index in [0.717, 1.165) is 37.5 Å². The van der Waals surface area contributed by atoms with E-state index in [0.29, 0.717) is 24.0 Å². The van der Waals surface area contributed by atoms with Crippen LogP contribution in [0.5, 0.6) is 5.75 Å². The van der Waals surface area contributed by atoms with Gasteiger partial charge in [0.15, 0.2) is 0 Å². The molecular weight excluding hydrogens is 362 g/mol. The highest BCUT2D eigenvalue weighted by molar-refractivity contribution is 6.30. The number of nitrogen functional groups attached to an aromatic ring is 1. The monoisotopic (exact) mass is 389 g/mol. The maximum atomic E-state index is 10.2. The Hall–Kier alpha value is -1.79. The van der Waals surface area contributed by atoms with Crippen molar-refractivity contribution < 1.29 is 9.84 Å². The number of nitrogens with zero attached hydrogens (tertiary/aromatic N) is 1. The van der Waals surface area contributed by atoms with Crippen LogP contribution >= 0.6 is 11.6 Å². The maximum absolute atomic E-state index is 10.2. The summed E-state index contributed by atoms with van der Waals surface area (Å²) in [4.78, 5) is 2.45. The highest BCUT2D eigenvalue weighted by atomic mass is 35.5. The number of aliphatic hydroxyl groups excluding tert-OH is 1. The van der Waals surface area contributed by atoms with E-state index in [1.807, 2.05) is 36.4 Å². The number of benzene rings is 2. The van der Waals surface area contributed by atoms with Gasteiger partial charge in [-0.15, -0.1) is 0 Å². The van der Waals surface area contributed by atoms with E-state index >= 15 is 0 Å². The number of nitrogens with two attached hydrogens (primary N) is 1. The van der Waals surface area contributed by atoms with Crippen LogP contribution in [0.4, 0.5) is 5.69 Å². The first-order chi connectivity index (χ1) is 13.1. The van der Waals surface area contributed by atoms with Crippen molar-refractivity contribution in [3.05, 3.63) is 59.1 Å². The van der Waals surface area contributed by atoms with Crippen LogP contribution in [0.3, 0.4) is 0 Å². The van der Waals surface area contributed by atoms with Gasteiger partial charge in [-0.1, -0.05) is 35.9 Å². The van der Waals surface area contributed by atoms with Crippen LogP contribution in [-0.2, 0) is 6.54 Å². The molecule has 0 bridgehead atoms. The zero-order valence-corrected chi connectivity index (χ0v) is 16.2. The van der Waals surface area contributed by atoms with Crippen molar-refractivity contribution in [3.8, 4) is 5.75 Å². The third kappa shape index (κ3) is 6.40. The molecule has 0 amide bonds. The molecule has 0 spiro atoms. The van der Waals surface area contributed by atoms with Gasteiger partial charge in [-0.05, 0) is 55.8 Å². The molecule has 3 rings (SSSR count). The molecule has 1 heterocycles. The topological polar surface area (TPSA) is 70.8 Å². The lowest BCUT2D eigenvalue weighted by Crippen LogP contribution is -2.45. The third-order valence-corrected chi connectivity index (χ3v) is 5.11. The summed E-state index contributed by atoms with van der Waals surface area (Å²) >= 11 is 6.06.